The average Bonchev–Trinajstić information content (AvgIpc) is 3.18. The first-order chi connectivity index (χ1) is 10.3. The van der Waals surface area contributed by atoms with Gasteiger partial charge in [-0.2, -0.15) is 0 Å². The molecule has 1 fully saturated rings. The standard InChI is InChI=1S/C14H18N4O3/c1-9(19-2)20-14-13(16-6-7-17-14)11-8-12(21-18-11)10-4-3-5-15-10/h6-10,15H,3-5H2,1-2H3. The summed E-state index contributed by atoms with van der Waals surface area (Å²) in [6.07, 6.45) is 4.95. The summed E-state index contributed by atoms with van der Waals surface area (Å²) in [6, 6.07) is 2.11. The molecule has 3 rings (SSSR count). The Labute approximate surface area is 122 Å². The highest BCUT2D eigenvalue weighted by molar-refractivity contribution is 5.59. The molecule has 3 heterocycles. The molecule has 2 aromatic heterocycles. The van der Waals surface area contributed by atoms with Gasteiger partial charge >= 0.3 is 0 Å². The van der Waals surface area contributed by atoms with E-state index in [1.54, 1.807) is 26.4 Å². The minimum absolute atomic E-state index is 0.227. The van der Waals surface area contributed by atoms with Crippen molar-refractivity contribution >= 4 is 0 Å². The zero-order valence-corrected chi connectivity index (χ0v) is 12.1. The highest BCUT2D eigenvalue weighted by atomic mass is 16.7. The van der Waals surface area contributed by atoms with Gasteiger partial charge in [-0.05, 0) is 26.3 Å². The van der Waals surface area contributed by atoms with E-state index in [1.165, 1.54) is 0 Å². The maximum Gasteiger partial charge on any atom is 0.244 e. The average molecular weight is 290 g/mol. The zero-order valence-electron chi connectivity index (χ0n) is 12.1. The fraction of sp³-hybridized carbons (Fsp3) is 0.500. The Bertz CT molecular complexity index is 595. The summed E-state index contributed by atoms with van der Waals surface area (Å²) in [5.74, 6) is 1.20. The van der Waals surface area contributed by atoms with Gasteiger partial charge in [0.2, 0.25) is 5.88 Å². The Morgan fingerprint density at radius 2 is 2.24 bits per heavy atom. The first kappa shape index (κ1) is 14.0. The molecule has 7 nitrogen and oxygen atoms in total. The van der Waals surface area contributed by atoms with Crippen molar-refractivity contribution in [2.24, 2.45) is 0 Å². The summed E-state index contributed by atoms with van der Waals surface area (Å²) >= 11 is 0. The molecule has 1 N–H and O–H groups in total. The molecule has 21 heavy (non-hydrogen) atoms. The van der Waals surface area contributed by atoms with Crippen molar-refractivity contribution in [3.8, 4) is 17.3 Å². The number of nitrogens with zero attached hydrogens (tertiary/aromatic N) is 3. The second-order valence-electron chi connectivity index (χ2n) is 4.89. The van der Waals surface area contributed by atoms with Crippen LogP contribution in [0.5, 0.6) is 5.88 Å². The number of ether oxygens (including phenoxy) is 2. The van der Waals surface area contributed by atoms with Gasteiger partial charge in [-0.1, -0.05) is 5.16 Å². The van der Waals surface area contributed by atoms with Gasteiger partial charge in [0.1, 0.15) is 5.69 Å². The molecular weight excluding hydrogens is 272 g/mol. The predicted molar refractivity (Wildman–Crippen MR) is 74.6 cm³/mol. The maximum atomic E-state index is 5.59. The Morgan fingerprint density at radius 3 is 3.00 bits per heavy atom. The zero-order chi connectivity index (χ0) is 14.7. The molecule has 0 saturated carbocycles. The van der Waals surface area contributed by atoms with Crippen LogP contribution >= 0.6 is 0 Å². The Morgan fingerprint density at radius 1 is 1.38 bits per heavy atom. The van der Waals surface area contributed by atoms with Gasteiger partial charge in [0, 0.05) is 25.6 Å². The van der Waals surface area contributed by atoms with Crippen LogP contribution in [0, 0.1) is 0 Å². The molecule has 7 heteroatoms. The number of hydrogen-bond donors (Lipinski definition) is 1. The van der Waals surface area contributed by atoms with Crippen molar-refractivity contribution < 1.29 is 14.0 Å². The summed E-state index contributed by atoms with van der Waals surface area (Å²) in [4.78, 5) is 8.48. The van der Waals surface area contributed by atoms with Gasteiger partial charge in [-0.3, -0.25) is 0 Å². The molecule has 2 aromatic rings. The largest absolute Gasteiger partial charge is 0.446 e. The summed E-state index contributed by atoms with van der Waals surface area (Å²) in [6.45, 7) is 2.79. The predicted octanol–water partition coefficient (Wildman–Crippen LogP) is 1.93. The minimum atomic E-state index is -0.414. The van der Waals surface area contributed by atoms with Crippen LogP contribution in [-0.4, -0.2) is 35.1 Å². The summed E-state index contributed by atoms with van der Waals surface area (Å²) in [7, 11) is 1.57. The lowest BCUT2D eigenvalue weighted by Gasteiger charge is -2.12. The summed E-state index contributed by atoms with van der Waals surface area (Å²) < 4.78 is 16.1. The van der Waals surface area contributed by atoms with Crippen LogP contribution in [0.4, 0.5) is 0 Å². The van der Waals surface area contributed by atoms with E-state index in [9.17, 15) is 0 Å². The van der Waals surface area contributed by atoms with E-state index < -0.39 is 6.29 Å². The number of hydrogen-bond acceptors (Lipinski definition) is 7. The molecule has 112 valence electrons. The molecule has 0 radical (unpaired) electrons. The Balaban J connectivity index is 1.86. The van der Waals surface area contributed by atoms with Crippen molar-refractivity contribution in [1.82, 2.24) is 20.4 Å². The third-order valence-electron chi connectivity index (χ3n) is 3.45. The van der Waals surface area contributed by atoms with Gasteiger partial charge in [0.05, 0.1) is 6.04 Å². The minimum Gasteiger partial charge on any atom is -0.446 e. The molecule has 1 aliphatic heterocycles. The Hall–Kier alpha value is -1.99. The van der Waals surface area contributed by atoms with Crippen LogP contribution in [0.1, 0.15) is 31.6 Å². The van der Waals surface area contributed by atoms with Crippen LogP contribution in [0.3, 0.4) is 0 Å². The van der Waals surface area contributed by atoms with E-state index in [1.807, 2.05) is 6.07 Å². The third kappa shape index (κ3) is 3.03. The highest BCUT2D eigenvalue weighted by Gasteiger charge is 2.23. The van der Waals surface area contributed by atoms with Gasteiger partial charge in [-0.25, -0.2) is 9.97 Å². The molecule has 0 aromatic carbocycles. The summed E-state index contributed by atoms with van der Waals surface area (Å²) in [5, 5.41) is 7.46. The number of methoxy groups -OCH3 is 1. The van der Waals surface area contributed by atoms with Gasteiger partial charge in [-0.15, -0.1) is 0 Å². The van der Waals surface area contributed by atoms with Crippen molar-refractivity contribution in [2.45, 2.75) is 32.1 Å². The van der Waals surface area contributed by atoms with Crippen molar-refractivity contribution in [2.75, 3.05) is 13.7 Å². The SMILES string of the molecule is COC(C)Oc1nccnc1-c1cc(C2CCCN2)on1. The molecule has 1 saturated heterocycles. The molecular formula is C14H18N4O3. The number of nitrogens with one attached hydrogen (secondary N) is 1. The fourth-order valence-corrected chi connectivity index (χ4v) is 2.29. The fourth-order valence-electron chi connectivity index (χ4n) is 2.29. The molecule has 0 spiro atoms. The molecule has 0 aliphatic carbocycles. The molecule has 2 unspecified atom stereocenters. The van der Waals surface area contributed by atoms with Crippen LogP contribution in [-0.2, 0) is 4.74 Å². The lowest BCUT2D eigenvalue weighted by Crippen LogP contribution is -2.15. The molecule has 0 amide bonds. The van der Waals surface area contributed by atoms with Crippen LogP contribution in [0.25, 0.3) is 11.4 Å². The third-order valence-corrected chi connectivity index (χ3v) is 3.45. The highest BCUT2D eigenvalue weighted by Crippen LogP contribution is 2.30. The van der Waals surface area contributed by atoms with Gasteiger partial charge in [0.25, 0.3) is 0 Å². The first-order valence-corrected chi connectivity index (χ1v) is 6.98. The second-order valence-corrected chi connectivity index (χ2v) is 4.89. The molecule has 1 aliphatic rings. The lowest BCUT2D eigenvalue weighted by atomic mass is 10.1. The topological polar surface area (TPSA) is 82.3 Å². The smallest absolute Gasteiger partial charge is 0.244 e. The van der Waals surface area contributed by atoms with Gasteiger partial charge < -0.3 is 19.3 Å². The van der Waals surface area contributed by atoms with Crippen molar-refractivity contribution in [3.63, 3.8) is 0 Å². The first-order valence-electron chi connectivity index (χ1n) is 6.98. The van der Waals surface area contributed by atoms with Gasteiger partial charge in [0.15, 0.2) is 17.7 Å². The monoisotopic (exact) mass is 290 g/mol. The quantitative estimate of drug-likeness (QED) is 0.842. The van der Waals surface area contributed by atoms with Crippen LogP contribution in [0.15, 0.2) is 23.0 Å². The lowest BCUT2D eigenvalue weighted by molar-refractivity contribution is -0.0408. The van der Waals surface area contributed by atoms with E-state index in [-0.39, 0.29) is 6.04 Å². The van der Waals surface area contributed by atoms with Crippen molar-refractivity contribution in [1.29, 1.82) is 0 Å². The maximum absolute atomic E-state index is 5.59. The normalized spacial score (nSPS) is 19.6. The Kier molecular flexibility index (Phi) is 4.12. The van der Waals surface area contributed by atoms with E-state index in [4.69, 9.17) is 14.0 Å². The van der Waals surface area contributed by atoms with Crippen LogP contribution in [0.2, 0.25) is 0 Å². The second kappa shape index (κ2) is 6.19. The van der Waals surface area contributed by atoms with E-state index >= 15 is 0 Å². The summed E-state index contributed by atoms with van der Waals surface area (Å²) in [5.41, 5.74) is 1.17. The van der Waals surface area contributed by atoms with E-state index in [0.29, 0.717) is 17.3 Å². The van der Waals surface area contributed by atoms with E-state index in [2.05, 4.69) is 20.4 Å². The molecule has 0 bridgehead atoms. The van der Waals surface area contributed by atoms with Crippen molar-refractivity contribution in [3.05, 3.63) is 24.2 Å². The van der Waals surface area contributed by atoms with Crippen LogP contribution < -0.4 is 10.1 Å². The van der Waals surface area contributed by atoms with E-state index in [0.717, 1.165) is 25.1 Å². The molecule has 2 atom stereocenters. The number of rotatable bonds is 5. The number of aromatic nitrogens is 3.